The molecule has 30 heavy (non-hydrogen) atoms. The lowest BCUT2D eigenvalue weighted by molar-refractivity contribution is -0.116. The molecule has 0 aliphatic carbocycles. The van der Waals surface area contributed by atoms with Crippen LogP contribution in [0.1, 0.15) is 16.9 Å². The molecule has 0 fully saturated rings. The summed E-state index contributed by atoms with van der Waals surface area (Å²) in [5, 5.41) is 6.52. The molecule has 2 heterocycles. The highest BCUT2D eigenvalue weighted by atomic mass is 16.6. The molecule has 0 bridgehead atoms. The maximum atomic E-state index is 12.6. The Kier molecular flexibility index (Phi) is 5.47. The van der Waals surface area contributed by atoms with Crippen LogP contribution in [-0.2, 0) is 11.8 Å². The SMILES string of the molecule is COc1ccc2c(c1)cc(C(=O)NCCC(=O)Nc1ccc3c(c1)OCCO3)n2C. The molecule has 0 radical (unpaired) electrons. The highest BCUT2D eigenvalue weighted by Gasteiger charge is 2.15. The normalized spacial score (nSPS) is 12.5. The summed E-state index contributed by atoms with van der Waals surface area (Å²) < 4.78 is 18.0. The van der Waals surface area contributed by atoms with E-state index in [0.717, 1.165) is 16.7 Å². The lowest BCUT2D eigenvalue weighted by Gasteiger charge is -2.19. The minimum atomic E-state index is -0.236. The standard InChI is InChI=1S/C22H23N3O5/c1-25-17-5-4-16(28-2)11-14(17)12-18(25)22(27)23-8-7-21(26)24-15-3-6-19-20(13-15)30-10-9-29-19/h3-6,11-13H,7-10H2,1-2H3,(H,23,27)(H,24,26). The third-order valence-corrected chi connectivity index (χ3v) is 4.95. The van der Waals surface area contributed by atoms with E-state index in [1.807, 2.05) is 35.9 Å². The highest BCUT2D eigenvalue weighted by molar-refractivity contribution is 5.99. The van der Waals surface area contributed by atoms with Gasteiger partial charge < -0.3 is 29.4 Å². The molecule has 0 atom stereocenters. The van der Waals surface area contributed by atoms with E-state index in [1.165, 1.54) is 0 Å². The van der Waals surface area contributed by atoms with Gasteiger partial charge in [0, 0.05) is 42.7 Å². The van der Waals surface area contributed by atoms with Gasteiger partial charge in [0.05, 0.1) is 7.11 Å². The Morgan fingerprint density at radius 2 is 1.87 bits per heavy atom. The minimum absolute atomic E-state index is 0.151. The largest absolute Gasteiger partial charge is 0.497 e. The van der Waals surface area contributed by atoms with Crippen molar-refractivity contribution in [2.45, 2.75) is 6.42 Å². The summed E-state index contributed by atoms with van der Waals surface area (Å²) in [6.45, 7) is 1.22. The topological polar surface area (TPSA) is 90.8 Å². The number of hydrogen-bond donors (Lipinski definition) is 2. The van der Waals surface area contributed by atoms with Gasteiger partial charge >= 0.3 is 0 Å². The predicted molar refractivity (Wildman–Crippen MR) is 112 cm³/mol. The van der Waals surface area contributed by atoms with Gasteiger partial charge in [-0.15, -0.1) is 0 Å². The lowest BCUT2D eigenvalue weighted by Crippen LogP contribution is -2.29. The number of carbonyl (C=O) groups excluding carboxylic acids is 2. The Bertz CT molecular complexity index is 1110. The third kappa shape index (κ3) is 4.03. The smallest absolute Gasteiger partial charge is 0.267 e. The molecule has 0 spiro atoms. The molecular formula is C22H23N3O5. The van der Waals surface area contributed by atoms with Crippen molar-refractivity contribution >= 4 is 28.4 Å². The summed E-state index contributed by atoms with van der Waals surface area (Å²) in [6, 6.07) is 12.7. The van der Waals surface area contributed by atoms with Crippen molar-refractivity contribution in [2.75, 3.05) is 32.2 Å². The zero-order valence-electron chi connectivity index (χ0n) is 16.9. The fourth-order valence-electron chi connectivity index (χ4n) is 3.40. The molecule has 1 aliphatic heterocycles. The van der Waals surface area contributed by atoms with Crippen LogP contribution in [0.5, 0.6) is 17.2 Å². The molecule has 2 aromatic carbocycles. The fourth-order valence-corrected chi connectivity index (χ4v) is 3.40. The number of carbonyl (C=O) groups is 2. The number of ether oxygens (including phenoxy) is 3. The van der Waals surface area contributed by atoms with E-state index in [9.17, 15) is 9.59 Å². The second kappa shape index (κ2) is 8.36. The minimum Gasteiger partial charge on any atom is -0.497 e. The molecule has 8 heteroatoms. The number of benzene rings is 2. The Hall–Kier alpha value is -3.68. The van der Waals surface area contributed by atoms with E-state index in [4.69, 9.17) is 14.2 Å². The molecule has 4 rings (SSSR count). The van der Waals surface area contributed by atoms with Crippen LogP contribution in [0.25, 0.3) is 10.9 Å². The number of aromatic nitrogens is 1. The molecule has 1 aliphatic rings. The summed E-state index contributed by atoms with van der Waals surface area (Å²) in [4.78, 5) is 24.8. The molecule has 0 saturated carbocycles. The van der Waals surface area contributed by atoms with Crippen LogP contribution in [0.3, 0.4) is 0 Å². The van der Waals surface area contributed by atoms with Crippen LogP contribution in [0.2, 0.25) is 0 Å². The van der Waals surface area contributed by atoms with E-state index >= 15 is 0 Å². The second-order valence-corrected chi connectivity index (χ2v) is 6.93. The van der Waals surface area contributed by atoms with Crippen molar-refractivity contribution in [3.05, 3.63) is 48.2 Å². The van der Waals surface area contributed by atoms with E-state index in [0.29, 0.717) is 36.1 Å². The summed E-state index contributed by atoms with van der Waals surface area (Å²) in [6.07, 6.45) is 0.151. The number of hydrogen-bond acceptors (Lipinski definition) is 5. The van der Waals surface area contributed by atoms with Crippen LogP contribution in [0.15, 0.2) is 42.5 Å². The molecule has 1 aromatic heterocycles. The first-order chi connectivity index (χ1) is 14.5. The first kappa shape index (κ1) is 19.6. The van der Waals surface area contributed by atoms with E-state index in [2.05, 4.69) is 10.6 Å². The number of nitrogens with one attached hydrogen (secondary N) is 2. The van der Waals surface area contributed by atoms with Gasteiger partial charge in [-0.25, -0.2) is 0 Å². The maximum Gasteiger partial charge on any atom is 0.267 e. The second-order valence-electron chi connectivity index (χ2n) is 6.93. The molecule has 3 aromatic rings. The van der Waals surface area contributed by atoms with Crippen LogP contribution >= 0.6 is 0 Å². The summed E-state index contributed by atoms with van der Waals surface area (Å²) in [5.74, 6) is 1.57. The van der Waals surface area contributed by atoms with Crippen LogP contribution in [-0.4, -0.2) is 43.2 Å². The number of aryl methyl sites for hydroxylation is 1. The van der Waals surface area contributed by atoms with E-state index < -0.39 is 0 Å². The average Bonchev–Trinajstić information content (AvgIpc) is 3.09. The molecule has 2 N–H and O–H groups in total. The Morgan fingerprint density at radius 1 is 1.07 bits per heavy atom. The van der Waals surface area contributed by atoms with Crippen molar-refractivity contribution in [1.29, 1.82) is 0 Å². The van der Waals surface area contributed by atoms with Gasteiger partial charge in [-0.3, -0.25) is 9.59 Å². The van der Waals surface area contributed by atoms with E-state index in [1.54, 1.807) is 25.3 Å². The monoisotopic (exact) mass is 409 g/mol. The average molecular weight is 409 g/mol. The predicted octanol–water partition coefficient (Wildman–Crippen LogP) is 2.72. The quantitative estimate of drug-likeness (QED) is 0.653. The van der Waals surface area contributed by atoms with Gasteiger partial charge in [0.25, 0.3) is 5.91 Å². The molecule has 8 nitrogen and oxygen atoms in total. The van der Waals surface area contributed by atoms with Crippen LogP contribution in [0, 0.1) is 0 Å². The van der Waals surface area contributed by atoms with Crippen molar-refractivity contribution in [1.82, 2.24) is 9.88 Å². The fraction of sp³-hybridized carbons (Fsp3) is 0.273. The lowest BCUT2D eigenvalue weighted by atomic mass is 10.2. The Morgan fingerprint density at radius 3 is 2.67 bits per heavy atom. The van der Waals surface area contributed by atoms with Gasteiger partial charge in [0.15, 0.2) is 11.5 Å². The number of nitrogens with zero attached hydrogens (tertiary/aromatic N) is 1. The van der Waals surface area contributed by atoms with Crippen molar-refractivity contribution in [3.63, 3.8) is 0 Å². The third-order valence-electron chi connectivity index (χ3n) is 4.95. The summed E-state index contributed by atoms with van der Waals surface area (Å²) in [5.41, 5.74) is 2.07. The Labute approximate surface area is 173 Å². The number of amides is 2. The molecule has 0 unspecified atom stereocenters. The summed E-state index contributed by atoms with van der Waals surface area (Å²) >= 11 is 0. The molecule has 156 valence electrons. The molecule has 2 amide bonds. The zero-order chi connectivity index (χ0) is 21.1. The van der Waals surface area contributed by atoms with Gasteiger partial charge in [-0.05, 0) is 36.4 Å². The van der Waals surface area contributed by atoms with Gasteiger partial charge in [0.1, 0.15) is 24.7 Å². The molecular weight excluding hydrogens is 386 g/mol. The number of fused-ring (bicyclic) bond motifs is 2. The zero-order valence-corrected chi connectivity index (χ0v) is 16.9. The van der Waals surface area contributed by atoms with E-state index in [-0.39, 0.29) is 24.8 Å². The first-order valence-electron chi connectivity index (χ1n) is 9.66. The number of anilines is 1. The van der Waals surface area contributed by atoms with Crippen molar-refractivity contribution < 1.29 is 23.8 Å². The first-order valence-corrected chi connectivity index (χ1v) is 9.66. The molecule has 0 saturated heterocycles. The van der Waals surface area contributed by atoms with Gasteiger partial charge in [0.2, 0.25) is 5.91 Å². The summed E-state index contributed by atoms with van der Waals surface area (Å²) in [7, 11) is 3.44. The highest BCUT2D eigenvalue weighted by Crippen LogP contribution is 2.32. The number of rotatable bonds is 6. The Balaban J connectivity index is 1.33. The number of methoxy groups -OCH3 is 1. The van der Waals surface area contributed by atoms with Crippen LogP contribution in [0.4, 0.5) is 5.69 Å². The van der Waals surface area contributed by atoms with Crippen molar-refractivity contribution in [2.24, 2.45) is 7.05 Å². The van der Waals surface area contributed by atoms with Gasteiger partial charge in [-0.2, -0.15) is 0 Å². The van der Waals surface area contributed by atoms with Gasteiger partial charge in [-0.1, -0.05) is 0 Å². The maximum absolute atomic E-state index is 12.6. The van der Waals surface area contributed by atoms with Crippen molar-refractivity contribution in [3.8, 4) is 17.2 Å². The van der Waals surface area contributed by atoms with Crippen LogP contribution < -0.4 is 24.8 Å².